The van der Waals surface area contributed by atoms with Gasteiger partial charge in [-0.05, 0) is 36.1 Å². The van der Waals surface area contributed by atoms with Crippen molar-refractivity contribution in [3.05, 3.63) is 44.6 Å². The summed E-state index contributed by atoms with van der Waals surface area (Å²) in [6.45, 7) is 2.04. The van der Waals surface area contributed by atoms with Crippen LogP contribution in [0.25, 0.3) is 0 Å². The van der Waals surface area contributed by atoms with Crippen LogP contribution in [-0.4, -0.2) is 14.2 Å². The lowest BCUT2D eigenvalue weighted by atomic mass is 10.1. The summed E-state index contributed by atoms with van der Waals surface area (Å²) in [5.74, 6) is 1.14. The van der Waals surface area contributed by atoms with E-state index in [0.717, 1.165) is 10.4 Å². The highest BCUT2D eigenvalue weighted by Crippen LogP contribution is 2.44. The Balaban J connectivity index is 2.51. The quantitative estimate of drug-likeness (QED) is 0.734. The summed E-state index contributed by atoms with van der Waals surface area (Å²) in [6.07, 6.45) is 0. The average molecular weight is 317 g/mol. The predicted molar refractivity (Wildman–Crippen MR) is 81.3 cm³/mol. The van der Waals surface area contributed by atoms with E-state index in [-0.39, 0.29) is 5.38 Å². The normalized spacial score (nSPS) is 12.3. The fourth-order valence-corrected chi connectivity index (χ4v) is 3.65. The van der Waals surface area contributed by atoms with Crippen molar-refractivity contribution in [2.24, 2.45) is 0 Å². The number of aryl methyl sites for hydroxylation is 1. The molecule has 0 amide bonds. The molecule has 2 rings (SSSR count). The van der Waals surface area contributed by atoms with Gasteiger partial charge in [-0.25, -0.2) is 0 Å². The zero-order valence-electron chi connectivity index (χ0n) is 10.9. The number of benzene rings is 1. The molecule has 0 saturated heterocycles. The van der Waals surface area contributed by atoms with Crippen LogP contribution in [0.3, 0.4) is 0 Å². The number of halogens is 2. The summed E-state index contributed by atoms with van der Waals surface area (Å²) in [7, 11) is 3.15. The molecule has 0 bridgehead atoms. The molecule has 0 spiro atoms. The maximum absolute atomic E-state index is 6.56. The van der Waals surface area contributed by atoms with Crippen LogP contribution in [0.15, 0.2) is 23.6 Å². The molecular weight excluding hydrogens is 303 g/mol. The first-order valence-electron chi connectivity index (χ1n) is 5.68. The minimum absolute atomic E-state index is 0.279. The topological polar surface area (TPSA) is 18.5 Å². The maximum Gasteiger partial charge on any atom is 0.146 e. The molecule has 102 valence electrons. The molecule has 0 N–H and O–H groups in total. The fourth-order valence-electron chi connectivity index (χ4n) is 1.90. The number of hydrogen-bond acceptors (Lipinski definition) is 3. The molecule has 0 aliphatic heterocycles. The Morgan fingerprint density at radius 3 is 2.42 bits per heavy atom. The zero-order valence-corrected chi connectivity index (χ0v) is 13.2. The first kappa shape index (κ1) is 14.5. The van der Waals surface area contributed by atoms with E-state index in [1.54, 1.807) is 31.6 Å². The smallest absolute Gasteiger partial charge is 0.146 e. The summed E-state index contributed by atoms with van der Waals surface area (Å²) >= 11 is 14.4. The van der Waals surface area contributed by atoms with Gasteiger partial charge in [0, 0.05) is 10.4 Å². The van der Waals surface area contributed by atoms with Crippen LogP contribution < -0.4 is 9.47 Å². The van der Waals surface area contributed by atoms with Crippen molar-refractivity contribution in [2.75, 3.05) is 14.2 Å². The monoisotopic (exact) mass is 316 g/mol. The average Bonchev–Trinajstić information content (AvgIpc) is 2.83. The van der Waals surface area contributed by atoms with Gasteiger partial charge in [0.15, 0.2) is 0 Å². The molecule has 1 heterocycles. The van der Waals surface area contributed by atoms with Crippen molar-refractivity contribution in [3.8, 4) is 11.5 Å². The molecule has 1 unspecified atom stereocenters. The van der Waals surface area contributed by atoms with E-state index in [4.69, 9.17) is 32.7 Å². The molecule has 0 saturated carbocycles. The van der Waals surface area contributed by atoms with Gasteiger partial charge in [0.1, 0.15) is 16.5 Å². The van der Waals surface area contributed by atoms with Crippen LogP contribution in [-0.2, 0) is 0 Å². The summed E-state index contributed by atoms with van der Waals surface area (Å²) in [5, 5.41) is 2.19. The van der Waals surface area contributed by atoms with Gasteiger partial charge in [-0.2, -0.15) is 0 Å². The third-order valence-corrected chi connectivity index (χ3v) is 4.95. The van der Waals surface area contributed by atoms with E-state index in [1.807, 2.05) is 24.4 Å². The highest BCUT2D eigenvalue weighted by Gasteiger charge is 2.22. The van der Waals surface area contributed by atoms with Crippen LogP contribution in [0, 0.1) is 6.92 Å². The number of alkyl halides is 1. The number of ether oxygens (including phenoxy) is 2. The summed E-state index contributed by atoms with van der Waals surface area (Å²) in [6, 6.07) is 5.74. The van der Waals surface area contributed by atoms with E-state index in [9.17, 15) is 0 Å². The highest BCUT2D eigenvalue weighted by atomic mass is 35.5. The van der Waals surface area contributed by atoms with Crippen LogP contribution >= 0.6 is 34.5 Å². The minimum atomic E-state index is -0.279. The van der Waals surface area contributed by atoms with Gasteiger partial charge in [0.05, 0.1) is 19.6 Å². The molecule has 1 atom stereocenters. The van der Waals surface area contributed by atoms with Crippen LogP contribution in [0.2, 0.25) is 5.02 Å². The van der Waals surface area contributed by atoms with Gasteiger partial charge in [0.2, 0.25) is 0 Å². The molecule has 0 aliphatic rings. The lowest BCUT2D eigenvalue weighted by molar-refractivity contribution is 0.392. The SMILES string of the molecule is COc1ccc(C(Cl)c2sccc2C)c(OC)c1Cl. The lowest BCUT2D eigenvalue weighted by Gasteiger charge is -2.16. The van der Waals surface area contributed by atoms with Gasteiger partial charge >= 0.3 is 0 Å². The molecular formula is C14H14Cl2O2S. The van der Waals surface area contributed by atoms with Gasteiger partial charge in [-0.1, -0.05) is 11.6 Å². The van der Waals surface area contributed by atoms with Crippen molar-refractivity contribution in [1.29, 1.82) is 0 Å². The summed E-state index contributed by atoms with van der Waals surface area (Å²) in [4.78, 5) is 1.10. The summed E-state index contributed by atoms with van der Waals surface area (Å²) in [5.41, 5.74) is 2.01. The van der Waals surface area contributed by atoms with E-state index in [2.05, 4.69) is 0 Å². The minimum Gasteiger partial charge on any atom is -0.495 e. The van der Waals surface area contributed by atoms with E-state index >= 15 is 0 Å². The number of hydrogen-bond donors (Lipinski definition) is 0. The Morgan fingerprint density at radius 2 is 1.89 bits per heavy atom. The molecule has 2 nitrogen and oxygen atoms in total. The van der Waals surface area contributed by atoms with Crippen molar-refractivity contribution in [2.45, 2.75) is 12.3 Å². The molecule has 1 aromatic heterocycles. The Labute approximate surface area is 126 Å². The number of thiophene rings is 1. The fraction of sp³-hybridized carbons (Fsp3) is 0.286. The molecule has 19 heavy (non-hydrogen) atoms. The third kappa shape index (κ3) is 2.69. The van der Waals surface area contributed by atoms with Crippen LogP contribution in [0.5, 0.6) is 11.5 Å². The predicted octanol–water partition coefficient (Wildman–Crippen LogP) is 5.06. The Hall–Kier alpha value is -0.900. The second-order valence-electron chi connectivity index (χ2n) is 4.03. The zero-order chi connectivity index (χ0) is 14.0. The van der Waals surface area contributed by atoms with Crippen molar-refractivity contribution in [1.82, 2.24) is 0 Å². The van der Waals surface area contributed by atoms with Crippen LogP contribution in [0.1, 0.15) is 21.4 Å². The molecule has 0 radical (unpaired) electrons. The first-order valence-corrected chi connectivity index (χ1v) is 7.38. The first-order chi connectivity index (χ1) is 9.10. The van der Waals surface area contributed by atoms with Crippen molar-refractivity contribution < 1.29 is 9.47 Å². The molecule has 1 aromatic carbocycles. The van der Waals surface area contributed by atoms with Gasteiger partial charge < -0.3 is 9.47 Å². The molecule has 0 aliphatic carbocycles. The van der Waals surface area contributed by atoms with E-state index < -0.39 is 0 Å². The lowest BCUT2D eigenvalue weighted by Crippen LogP contribution is -1.99. The maximum atomic E-state index is 6.56. The van der Waals surface area contributed by atoms with Gasteiger partial charge in [-0.3, -0.25) is 0 Å². The highest BCUT2D eigenvalue weighted by molar-refractivity contribution is 7.10. The van der Waals surface area contributed by atoms with E-state index in [1.165, 1.54) is 5.56 Å². The number of methoxy groups -OCH3 is 2. The molecule has 2 aromatic rings. The Morgan fingerprint density at radius 1 is 1.16 bits per heavy atom. The van der Waals surface area contributed by atoms with Crippen molar-refractivity contribution >= 4 is 34.5 Å². The van der Waals surface area contributed by atoms with E-state index in [0.29, 0.717) is 16.5 Å². The molecule has 5 heteroatoms. The summed E-state index contributed by atoms with van der Waals surface area (Å²) < 4.78 is 10.6. The second-order valence-corrected chi connectivity index (χ2v) is 5.80. The largest absolute Gasteiger partial charge is 0.495 e. The Bertz CT molecular complexity index is 581. The van der Waals surface area contributed by atoms with Crippen molar-refractivity contribution in [3.63, 3.8) is 0 Å². The number of rotatable bonds is 4. The Kier molecular flexibility index (Phi) is 4.61. The standard InChI is InChI=1S/C14H14Cl2O2S/c1-8-6-7-19-14(8)11(15)9-4-5-10(17-2)12(16)13(9)18-3/h4-7,11H,1-3H3. The molecule has 0 fully saturated rings. The third-order valence-electron chi connectivity index (χ3n) is 2.92. The second kappa shape index (κ2) is 6.04. The van der Waals surface area contributed by atoms with Gasteiger partial charge in [0.25, 0.3) is 0 Å². The van der Waals surface area contributed by atoms with Gasteiger partial charge in [-0.15, -0.1) is 22.9 Å². The van der Waals surface area contributed by atoms with Crippen LogP contribution in [0.4, 0.5) is 0 Å².